The minimum Gasteiger partial charge on any atom is -0.457 e. The Morgan fingerprint density at radius 3 is 2.50 bits per heavy atom. The average molecular weight is 370 g/mol. The van der Waals surface area contributed by atoms with Gasteiger partial charge in [0.05, 0.1) is 0 Å². The minimum atomic E-state index is 0.152. The second-order valence-corrected chi connectivity index (χ2v) is 7.39. The molecule has 0 spiro atoms. The second kappa shape index (κ2) is 7.08. The molecule has 3 aromatic rings. The molecular weight excluding hydrogens is 348 g/mol. The lowest BCUT2D eigenvalue weighted by Gasteiger charge is -2.11. The average Bonchev–Trinajstić information content (AvgIpc) is 3.36. The first-order chi connectivity index (χ1) is 13.8. The van der Waals surface area contributed by atoms with Crippen molar-refractivity contribution >= 4 is 0 Å². The highest BCUT2D eigenvalue weighted by atomic mass is 16.7. The predicted molar refractivity (Wildman–Crippen MR) is 109 cm³/mol. The summed E-state index contributed by atoms with van der Waals surface area (Å²) < 4.78 is 16.9. The zero-order chi connectivity index (χ0) is 18.8. The highest BCUT2D eigenvalue weighted by Crippen LogP contribution is 2.51. The number of rotatable bonds is 6. The van der Waals surface area contributed by atoms with Gasteiger partial charge in [-0.2, -0.15) is 0 Å². The topological polar surface area (TPSA) is 27.7 Å². The molecule has 1 aliphatic heterocycles. The van der Waals surface area contributed by atoms with Crippen LogP contribution in [0, 0.1) is 0 Å². The van der Waals surface area contributed by atoms with E-state index in [4.69, 9.17) is 14.2 Å². The van der Waals surface area contributed by atoms with E-state index in [1.807, 2.05) is 48.5 Å². The molecule has 0 N–H and O–H groups in total. The van der Waals surface area contributed by atoms with E-state index in [0.717, 1.165) is 29.4 Å². The van der Waals surface area contributed by atoms with Gasteiger partial charge in [-0.3, -0.25) is 0 Å². The van der Waals surface area contributed by atoms with E-state index in [9.17, 15) is 0 Å². The van der Waals surface area contributed by atoms with Crippen LogP contribution in [0.1, 0.15) is 24.0 Å². The van der Waals surface area contributed by atoms with Gasteiger partial charge in [0.15, 0.2) is 11.5 Å². The molecule has 140 valence electrons. The zero-order valence-corrected chi connectivity index (χ0v) is 15.6. The first-order valence-electron chi connectivity index (χ1n) is 9.70. The normalized spacial score (nSPS) is 16.3. The fourth-order valence-electron chi connectivity index (χ4n) is 3.67. The van der Waals surface area contributed by atoms with Crippen LogP contribution in [-0.2, 0) is 11.8 Å². The molecule has 3 heteroatoms. The van der Waals surface area contributed by atoms with Gasteiger partial charge >= 0.3 is 0 Å². The van der Waals surface area contributed by atoms with Gasteiger partial charge in [0.2, 0.25) is 6.79 Å². The molecule has 1 fully saturated rings. The zero-order valence-electron chi connectivity index (χ0n) is 15.6. The summed E-state index contributed by atoms with van der Waals surface area (Å²) in [5.74, 6) is 3.44. The third kappa shape index (κ3) is 3.48. The fraction of sp³-hybridized carbons (Fsp3) is 0.200. The van der Waals surface area contributed by atoms with Crippen molar-refractivity contribution < 1.29 is 14.2 Å². The van der Waals surface area contributed by atoms with Crippen LogP contribution in [0.3, 0.4) is 0 Å². The Hall–Kier alpha value is -3.20. The monoisotopic (exact) mass is 370 g/mol. The molecule has 1 aliphatic carbocycles. The molecule has 1 saturated carbocycles. The Bertz CT molecular complexity index is 1000. The van der Waals surface area contributed by atoms with Crippen LogP contribution in [0.25, 0.3) is 0 Å². The molecule has 0 aromatic heterocycles. The molecule has 2 aliphatic rings. The Morgan fingerprint density at radius 2 is 1.64 bits per heavy atom. The summed E-state index contributed by atoms with van der Waals surface area (Å²) >= 11 is 0. The van der Waals surface area contributed by atoms with Crippen LogP contribution < -0.4 is 14.2 Å². The minimum absolute atomic E-state index is 0.152. The van der Waals surface area contributed by atoms with Crippen molar-refractivity contribution in [3.63, 3.8) is 0 Å². The fourth-order valence-corrected chi connectivity index (χ4v) is 3.67. The van der Waals surface area contributed by atoms with Crippen molar-refractivity contribution in [1.82, 2.24) is 0 Å². The van der Waals surface area contributed by atoms with Crippen molar-refractivity contribution in [1.29, 1.82) is 0 Å². The lowest BCUT2D eigenvalue weighted by molar-refractivity contribution is 0.174. The van der Waals surface area contributed by atoms with E-state index >= 15 is 0 Å². The van der Waals surface area contributed by atoms with E-state index in [0.29, 0.717) is 6.79 Å². The molecule has 0 atom stereocenters. The second-order valence-electron chi connectivity index (χ2n) is 7.39. The molecule has 1 heterocycles. The smallest absolute Gasteiger partial charge is 0.231 e. The molecule has 3 aromatic carbocycles. The van der Waals surface area contributed by atoms with Crippen LogP contribution in [0.4, 0.5) is 0 Å². The lowest BCUT2D eigenvalue weighted by atomic mass is 9.94. The molecular formula is C25H22O3. The van der Waals surface area contributed by atoms with Gasteiger partial charge in [0.25, 0.3) is 0 Å². The van der Waals surface area contributed by atoms with Gasteiger partial charge in [-0.1, -0.05) is 48.6 Å². The Kier molecular flexibility index (Phi) is 4.28. The van der Waals surface area contributed by atoms with Crippen molar-refractivity contribution in [2.75, 3.05) is 6.79 Å². The van der Waals surface area contributed by atoms with E-state index in [1.165, 1.54) is 24.0 Å². The maximum atomic E-state index is 5.94. The van der Waals surface area contributed by atoms with Gasteiger partial charge in [-0.15, -0.1) is 0 Å². The number of ether oxygens (including phenoxy) is 3. The number of hydrogen-bond acceptors (Lipinski definition) is 3. The molecule has 3 nitrogen and oxygen atoms in total. The SMILES string of the molecule is C(=CC1(c2ccc3c(c2)OCO3)CC1)Cc1cccc(Oc2ccccc2)c1. The Labute approximate surface area is 165 Å². The molecule has 5 rings (SSSR count). The summed E-state index contributed by atoms with van der Waals surface area (Å²) in [6.07, 6.45) is 7.88. The summed E-state index contributed by atoms with van der Waals surface area (Å²) in [7, 11) is 0. The number of allylic oxidation sites excluding steroid dienone is 2. The van der Waals surface area contributed by atoms with Crippen LogP contribution in [-0.4, -0.2) is 6.79 Å². The van der Waals surface area contributed by atoms with E-state index in [1.54, 1.807) is 0 Å². The Balaban J connectivity index is 1.27. The lowest BCUT2D eigenvalue weighted by Crippen LogP contribution is -2.02. The van der Waals surface area contributed by atoms with Gasteiger partial charge in [-0.25, -0.2) is 0 Å². The first kappa shape index (κ1) is 16.9. The largest absolute Gasteiger partial charge is 0.457 e. The first-order valence-corrected chi connectivity index (χ1v) is 9.70. The summed E-state index contributed by atoms with van der Waals surface area (Å²) in [6, 6.07) is 24.5. The van der Waals surface area contributed by atoms with E-state index < -0.39 is 0 Å². The highest BCUT2D eigenvalue weighted by molar-refractivity contribution is 5.50. The summed E-state index contributed by atoms with van der Waals surface area (Å²) in [4.78, 5) is 0. The molecule has 0 saturated heterocycles. The third-order valence-corrected chi connectivity index (χ3v) is 5.40. The van der Waals surface area contributed by atoms with Crippen LogP contribution in [0.2, 0.25) is 0 Å². The van der Waals surface area contributed by atoms with Crippen molar-refractivity contribution in [3.8, 4) is 23.0 Å². The summed E-state index contributed by atoms with van der Waals surface area (Å²) in [5, 5.41) is 0. The summed E-state index contributed by atoms with van der Waals surface area (Å²) in [6.45, 7) is 0.322. The third-order valence-electron chi connectivity index (χ3n) is 5.40. The van der Waals surface area contributed by atoms with Crippen LogP contribution in [0.5, 0.6) is 23.0 Å². The van der Waals surface area contributed by atoms with Crippen LogP contribution >= 0.6 is 0 Å². The van der Waals surface area contributed by atoms with Crippen LogP contribution in [0.15, 0.2) is 84.9 Å². The van der Waals surface area contributed by atoms with Gasteiger partial charge in [0.1, 0.15) is 11.5 Å². The number of hydrogen-bond donors (Lipinski definition) is 0. The standard InChI is InChI=1S/C25H22O3/c1-2-8-21(9-3-1)28-22-10-4-6-19(16-22)7-5-13-25(14-15-25)20-11-12-23-24(17-20)27-18-26-23/h1-6,8-13,16-17H,7,14-15,18H2. The van der Waals surface area contributed by atoms with Crippen molar-refractivity contribution in [3.05, 3.63) is 96.1 Å². The van der Waals surface area contributed by atoms with Gasteiger partial charge in [-0.05, 0) is 66.8 Å². The quantitative estimate of drug-likeness (QED) is 0.495. The van der Waals surface area contributed by atoms with Gasteiger partial charge in [0, 0.05) is 5.41 Å². The maximum absolute atomic E-state index is 5.94. The maximum Gasteiger partial charge on any atom is 0.231 e. The molecule has 0 bridgehead atoms. The van der Waals surface area contributed by atoms with Crippen molar-refractivity contribution in [2.24, 2.45) is 0 Å². The Morgan fingerprint density at radius 1 is 0.821 bits per heavy atom. The molecule has 0 amide bonds. The molecule has 0 unspecified atom stereocenters. The van der Waals surface area contributed by atoms with E-state index in [2.05, 4.69) is 36.4 Å². The van der Waals surface area contributed by atoms with Crippen molar-refractivity contribution in [2.45, 2.75) is 24.7 Å². The predicted octanol–water partition coefficient (Wildman–Crippen LogP) is 6.04. The number of benzene rings is 3. The molecule has 28 heavy (non-hydrogen) atoms. The number of para-hydroxylation sites is 1. The number of fused-ring (bicyclic) bond motifs is 1. The molecule has 0 radical (unpaired) electrons. The van der Waals surface area contributed by atoms with Gasteiger partial charge < -0.3 is 14.2 Å². The highest BCUT2D eigenvalue weighted by Gasteiger charge is 2.42. The summed E-state index contributed by atoms with van der Waals surface area (Å²) in [5.41, 5.74) is 2.71. The van der Waals surface area contributed by atoms with E-state index in [-0.39, 0.29) is 5.41 Å².